The molecule has 0 atom stereocenters. The van der Waals surface area contributed by atoms with E-state index in [1.165, 1.54) is 22.7 Å². The zero-order valence-corrected chi connectivity index (χ0v) is 13.1. The van der Waals surface area contributed by atoms with Gasteiger partial charge in [0.15, 0.2) is 0 Å². The van der Waals surface area contributed by atoms with E-state index in [0.29, 0.717) is 11.4 Å². The first-order valence-electron chi connectivity index (χ1n) is 5.51. The zero-order chi connectivity index (χ0) is 13.9. The van der Waals surface area contributed by atoms with Crippen LogP contribution in [0.15, 0.2) is 38.0 Å². The zero-order valence-electron chi connectivity index (χ0n) is 9.91. The highest BCUT2D eigenvalue weighted by Crippen LogP contribution is 2.27. The molecule has 0 unspecified atom stereocenters. The molecule has 3 heterocycles. The van der Waals surface area contributed by atoms with Gasteiger partial charge in [-0.1, -0.05) is 11.2 Å². The van der Waals surface area contributed by atoms with Gasteiger partial charge in [-0.15, -0.1) is 22.7 Å². The molecule has 0 saturated carbocycles. The molecule has 0 radical (unpaired) electrons. The molecule has 0 N–H and O–H groups in total. The van der Waals surface area contributed by atoms with Crippen molar-refractivity contribution in [3.8, 4) is 16.8 Å². The van der Waals surface area contributed by atoms with Crippen molar-refractivity contribution in [2.45, 2.75) is 0 Å². The first kappa shape index (κ1) is 13.2. The van der Waals surface area contributed by atoms with E-state index in [4.69, 9.17) is 4.52 Å². The van der Waals surface area contributed by atoms with Gasteiger partial charge in [0.1, 0.15) is 11.6 Å². The highest BCUT2D eigenvalue weighted by atomic mass is 79.9. The predicted molar refractivity (Wildman–Crippen MR) is 83.1 cm³/mol. The largest absolute Gasteiger partial charge is 0.333 e. The lowest BCUT2D eigenvalue weighted by Crippen LogP contribution is -1.81. The van der Waals surface area contributed by atoms with E-state index in [2.05, 4.69) is 32.1 Å². The van der Waals surface area contributed by atoms with E-state index >= 15 is 0 Å². The Labute approximate surface area is 131 Å². The third kappa shape index (κ3) is 2.72. The number of halogens is 1. The average molecular weight is 364 g/mol. The number of hydrogen-bond acceptors (Lipinski definition) is 6. The number of nitriles is 1. The Morgan fingerprint density at radius 1 is 1.40 bits per heavy atom. The van der Waals surface area contributed by atoms with E-state index < -0.39 is 0 Å². The summed E-state index contributed by atoms with van der Waals surface area (Å²) < 4.78 is 6.17. The van der Waals surface area contributed by atoms with Crippen LogP contribution in [0.2, 0.25) is 0 Å². The van der Waals surface area contributed by atoms with Crippen LogP contribution in [-0.2, 0) is 0 Å². The molecule has 0 amide bonds. The van der Waals surface area contributed by atoms with Crippen molar-refractivity contribution in [3.63, 3.8) is 0 Å². The van der Waals surface area contributed by atoms with Crippen molar-refractivity contribution >= 4 is 50.3 Å². The fourth-order valence-corrected chi connectivity index (χ4v) is 3.54. The Morgan fingerprint density at radius 2 is 2.30 bits per heavy atom. The Hall–Kier alpha value is -1.75. The Kier molecular flexibility index (Phi) is 3.78. The molecule has 3 aromatic rings. The second kappa shape index (κ2) is 5.71. The molecule has 0 aromatic carbocycles. The number of rotatable bonds is 3. The average Bonchev–Trinajstić information content (AvgIpc) is 3.17. The second-order valence-corrected chi connectivity index (χ2v) is 7.15. The van der Waals surface area contributed by atoms with Gasteiger partial charge in [0.05, 0.1) is 8.66 Å². The molecule has 0 spiro atoms. The van der Waals surface area contributed by atoms with Crippen molar-refractivity contribution in [2.24, 2.45) is 0 Å². The first-order chi connectivity index (χ1) is 9.76. The smallest absolute Gasteiger partial charge is 0.268 e. The van der Waals surface area contributed by atoms with E-state index in [-0.39, 0.29) is 5.89 Å². The summed E-state index contributed by atoms with van der Waals surface area (Å²) >= 11 is 6.44. The lowest BCUT2D eigenvalue weighted by molar-refractivity contribution is 0.409. The number of hydrogen-bond donors (Lipinski definition) is 0. The summed E-state index contributed by atoms with van der Waals surface area (Å²) in [5.41, 5.74) is 0.356. The van der Waals surface area contributed by atoms with Crippen LogP contribution in [0.5, 0.6) is 0 Å². The van der Waals surface area contributed by atoms with Crippen LogP contribution in [0.4, 0.5) is 0 Å². The third-order valence-corrected chi connectivity index (χ3v) is 4.84. The predicted octanol–water partition coefficient (Wildman–Crippen LogP) is 4.69. The summed E-state index contributed by atoms with van der Waals surface area (Å²) in [6.45, 7) is 0. The lowest BCUT2D eigenvalue weighted by atomic mass is 10.2. The van der Waals surface area contributed by atoms with Gasteiger partial charge in [-0.3, -0.25) is 0 Å². The molecule has 0 aliphatic rings. The molecule has 98 valence electrons. The van der Waals surface area contributed by atoms with Crippen molar-refractivity contribution in [2.75, 3.05) is 0 Å². The maximum atomic E-state index is 9.24. The van der Waals surface area contributed by atoms with Crippen LogP contribution >= 0.6 is 38.6 Å². The summed E-state index contributed by atoms with van der Waals surface area (Å²) in [7, 11) is 0. The molecule has 20 heavy (non-hydrogen) atoms. The third-order valence-electron chi connectivity index (χ3n) is 2.40. The Balaban J connectivity index is 1.95. The second-order valence-electron chi connectivity index (χ2n) is 3.71. The van der Waals surface area contributed by atoms with E-state index in [9.17, 15) is 5.26 Å². The minimum Gasteiger partial charge on any atom is -0.333 e. The standard InChI is InChI=1S/C13H6BrN3OS2/c14-11-4-3-9(20-11)6-8(7-15)13-16-12(17-18-13)10-2-1-5-19-10/h1-6H/b8-6+. The molecule has 0 aliphatic carbocycles. The molecule has 0 aliphatic heterocycles. The van der Waals surface area contributed by atoms with Gasteiger partial charge in [-0.2, -0.15) is 10.2 Å². The van der Waals surface area contributed by atoms with Crippen LogP contribution in [-0.4, -0.2) is 10.1 Å². The Bertz CT molecular complexity index is 796. The van der Waals surface area contributed by atoms with Gasteiger partial charge in [-0.05, 0) is 45.6 Å². The van der Waals surface area contributed by atoms with Gasteiger partial charge in [0.2, 0.25) is 5.82 Å². The summed E-state index contributed by atoms with van der Waals surface area (Å²) in [4.78, 5) is 6.12. The van der Waals surface area contributed by atoms with Crippen molar-refractivity contribution in [3.05, 3.63) is 44.2 Å². The van der Waals surface area contributed by atoms with Gasteiger partial charge >= 0.3 is 0 Å². The van der Waals surface area contributed by atoms with Crippen LogP contribution in [0, 0.1) is 11.3 Å². The number of aromatic nitrogens is 2. The lowest BCUT2D eigenvalue weighted by Gasteiger charge is -1.88. The fraction of sp³-hybridized carbons (Fsp3) is 0. The summed E-state index contributed by atoms with van der Waals surface area (Å²) in [6.07, 6.45) is 1.74. The molecular formula is C13H6BrN3OS2. The van der Waals surface area contributed by atoms with Gasteiger partial charge in [0.25, 0.3) is 5.89 Å². The molecule has 4 nitrogen and oxygen atoms in total. The topological polar surface area (TPSA) is 62.7 Å². The van der Waals surface area contributed by atoms with Gasteiger partial charge < -0.3 is 4.52 Å². The van der Waals surface area contributed by atoms with E-state index in [1.54, 1.807) is 6.08 Å². The van der Waals surface area contributed by atoms with Crippen LogP contribution in [0.3, 0.4) is 0 Å². The van der Waals surface area contributed by atoms with E-state index in [0.717, 1.165) is 13.5 Å². The molecular weight excluding hydrogens is 358 g/mol. The molecule has 3 rings (SSSR count). The quantitative estimate of drug-likeness (QED) is 0.633. The number of thiophene rings is 2. The minimum absolute atomic E-state index is 0.237. The normalized spacial score (nSPS) is 11.5. The minimum atomic E-state index is 0.237. The molecule has 0 bridgehead atoms. The van der Waals surface area contributed by atoms with Crippen molar-refractivity contribution in [1.29, 1.82) is 5.26 Å². The fourth-order valence-electron chi connectivity index (χ4n) is 1.53. The van der Waals surface area contributed by atoms with Gasteiger partial charge in [0, 0.05) is 4.88 Å². The van der Waals surface area contributed by atoms with Crippen LogP contribution in [0.25, 0.3) is 22.4 Å². The van der Waals surface area contributed by atoms with Crippen LogP contribution in [0.1, 0.15) is 10.8 Å². The summed E-state index contributed by atoms with van der Waals surface area (Å²) in [6, 6.07) is 9.77. The van der Waals surface area contributed by atoms with Gasteiger partial charge in [-0.25, -0.2) is 0 Å². The van der Waals surface area contributed by atoms with Crippen molar-refractivity contribution < 1.29 is 4.52 Å². The summed E-state index contributed by atoms with van der Waals surface area (Å²) in [5.74, 6) is 0.740. The SMILES string of the molecule is N#C/C(=C\c1ccc(Br)s1)c1nc(-c2cccs2)no1. The van der Waals surface area contributed by atoms with E-state index in [1.807, 2.05) is 29.6 Å². The highest BCUT2D eigenvalue weighted by Gasteiger charge is 2.13. The Morgan fingerprint density at radius 3 is 2.95 bits per heavy atom. The number of nitrogens with zero attached hydrogens (tertiary/aromatic N) is 3. The highest BCUT2D eigenvalue weighted by molar-refractivity contribution is 9.11. The maximum absolute atomic E-state index is 9.24. The molecule has 0 saturated heterocycles. The molecule has 7 heteroatoms. The molecule has 0 fully saturated rings. The molecule has 3 aromatic heterocycles. The van der Waals surface area contributed by atoms with Crippen molar-refractivity contribution in [1.82, 2.24) is 10.1 Å². The maximum Gasteiger partial charge on any atom is 0.268 e. The van der Waals surface area contributed by atoms with Crippen LogP contribution < -0.4 is 0 Å². The summed E-state index contributed by atoms with van der Waals surface area (Å²) in [5, 5.41) is 15.1. The number of allylic oxidation sites excluding steroid dienone is 1. The first-order valence-corrected chi connectivity index (χ1v) is 8.00. The monoisotopic (exact) mass is 363 g/mol.